The van der Waals surface area contributed by atoms with E-state index in [4.69, 9.17) is 4.74 Å². The molecule has 0 aromatic heterocycles. The second-order valence-corrected chi connectivity index (χ2v) is 3.25. The van der Waals surface area contributed by atoms with E-state index in [2.05, 4.69) is 0 Å². The smallest absolute Gasteiger partial charge is 0.161 e. The van der Waals surface area contributed by atoms with Gasteiger partial charge in [0, 0.05) is 19.1 Å². The Morgan fingerprint density at radius 1 is 1.11 bits per heavy atom. The standard InChI is InChI=1S/C6H3F3.C5H8O2.C2H6/c7-4-1-2-5(8)6(9)3-4;6-5-2-1-3-7-4-5;1-2/h1-3H;1-4H2;1-2H3. The van der Waals surface area contributed by atoms with Crippen molar-refractivity contribution in [2.24, 2.45) is 0 Å². The van der Waals surface area contributed by atoms with Gasteiger partial charge in [-0.25, -0.2) is 13.2 Å². The summed E-state index contributed by atoms with van der Waals surface area (Å²) in [5, 5.41) is 0. The Morgan fingerprint density at radius 3 is 2.11 bits per heavy atom. The van der Waals surface area contributed by atoms with Gasteiger partial charge in [0.25, 0.3) is 0 Å². The molecular formula is C13H17F3O2. The summed E-state index contributed by atoms with van der Waals surface area (Å²) in [6, 6.07) is 2.10. The molecule has 0 saturated carbocycles. The Morgan fingerprint density at radius 2 is 1.78 bits per heavy atom. The molecule has 18 heavy (non-hydrogen) atoms. The lowest BCUT2D eigenvalue weighted by molar-refractivity contribution is -0.126. The molecular weight excluding hydrogens is 245 g/mol. The lowest BCUT2D eigenvalue weighted by atomic mass is 10.2. The van der Waals surface area contributed by atoms with Gasteiger partial charge >= 0.3 is 0 Å². The van der Waals surface area contributed by atoms with Crippen LogP contribution in [0, 0.1) is 17.5 Å². The molecule has 0 bridgehead atoms. The van der Waals surface area contributed by atoms with E-state index in [1.165, 1.54) is 0 Å². The summed E-state index contributed by atoms with van der Waals surface area (Å²) in [5.41, 5.74) is 0. The van der Waals surface area contributed by atoms with Gasteiger partial charge < -0.3 is 4.74 Å². The molecule has 0 radical (unpaired) electrons. The van der Waals surface area contributed by atoms with Crippen LogP contribution in [0.15, 0.2) is 18.2 Å². The maximum atomic E-state index is 12.0. The van der Waals surface area contributed by atoms with Crippen molar-refractivity contribution in [2.45, 2.75) is 26.7 Å². The van der Waals surface area contributed by atoms with Crippen molar-refractivity contribution in [2.75, 3.05) is 13.2 Å². The highest BCUT2D eigenvalue weighted by molar-refractivity contribution is 5.80. The first-order valence-electron chi connectivity index (χ1n) is 5.79. The molecule has 1 fully saturated rings. The molecule has 5 heteroatoms. The minimum Gasteiger partial charge on any atom is -0.374 e. The average Bonchev–Trinajstić information content (AvgIpc) is 2.38. The van der Waals surface area contributed by atoms with Gasteiger partial charge in [0.05, 0.1) is 0 Å². The van der Waals surface area contributed by atoms with Crippen LogP contribution in [0.2, 0.25) is 0 Å². The molecule has 0 unspecified atom stereocenters. The summed E-state index contributed by atoms with van der Waals surface area (Å²) >= 11 is 0. The van der Waals surface area contributed by atoms with Crippen molar-refractivity contribution in [3.63, 3.8) is 0 Å². The third kappa shape index (κ3) is 7.06. The van der Waals surface area contributed by atoms with E-state index in [9.17, 15) is 18.0 Å². The Hall–Kier alpha value is -1.36. The highest BCUT2D eigenvalue weighted by Gasteiger charge is 2.06. The normalized spacial score (nSPS) is 13.9. The van der Waals surface area contributed by atoms with Gasteiger partial charge in [-0.3, -0.25) is 4.79 Å². The van der Waals surface area contributed by atoms with Crippen LogP contribution in [-0.4, -0.2) is 19.0 Å². The van der Waals surface area contributed by atoms with E-state index >= 15 is 0 Å². The minimum atomic E-state index is -1.16. The van der Waals surface area contributed by atoms with Gasteiger partial charge in [-0.2, -0.15) is 0 Å². The first-order valence-corrected chi connectivity index (χ1v) is 5.79. The third-order valence-electron chi connectivity index (χ3n) is 1.89. The largest absolute Gasteiger partial charge is 0.374 e. The number of benzene rings is 1. The number of halogens is 3. The zero-order valence-corrected chi connectivity index (χ0v) is 10.5. The number of rotatable bonds is 0. The van der Waals surface area contributed by atoms with Gasteiger partial charge in [-0.15, -0.1) is 0 Å². The molecule has 1 aliphatic heterocycles. The van der Waals surface area contributed by atoms with E-state index in [1.807, 2.05) is 13.8 Å². The van der Waals surface area contributed by atoms with Crippen LogP contribution < -0.4 is 0 Å². The van der Waals surface area contributed by atoms with Crippen molar-refractivity contribution in [3.05, 3.63) is 35.7 Å². The van der Waals surface area contributed by atoms with Crippen molar-refractivity contribution in [1.82, 2.24) is 0 Å². The van der Waals surface area contributed by atoms with Crippen LogP contribution in [0.1, 0.15) is 26.7 Å². The maximum Gasteiger partial charge on any atom is 0.161 e. The van der Waals surface area contributed by atoms with Crippen molar-refractivity contribution in [1.29, 1.82) is 0 Å². The number of ether oxygens (including phenoxy) is 1. The lowest BCUT2D eigenvalue weighted by Crippen LogP contribution is -2.15. The first kappa shape index (κ1) is 16.6. The first-order chi connectivity index (χ1) is 8.59. The predicted molar refractivity (Wildman–Crippen MR) is 62.7 cm³/mol. The summed E-state index contributed by atoms with van der Waals surface area (Å²) < 4.78 is 40.7. The van der Waals surface area contributed by atoms with Crippen LogP contribution in [-0.2, 0) is 9.53 Å². The Balaban J connectivity index is 0.000000289. The number of hydrogen-bond acceptors (Lipinski definition) is 2. The molecule has 0 aliphatic carbocycles. The van der Waals surface area contributed by atoms with Gasteiger partial charge in [0.2, 0.25) is 0 Å². The fourth-order valence-electron chi connectivity index (χ4n) is 1.10. The molecule has 2 nitrogen and oxygen atoms in total. The zero-order chi connectivity index (χ0) is 14.0. The quantitative estimate of drug-likeness (QED) is 0.669. The van der Waals surface area contributed by atoms with Crippen molar-refractivity contribution >= 4 is 5.78 Å². The summed E-state index contributed by atoms with van der Waals surface area (Å²) in [5.74, 6) is -2.72. The molecule has 0 N–H and O–H groups in total. The molecule has 0 atom stereocenters. The minimum absolute atomic E-state index is 0.242. The van der Waals surface area contributed by atoms with Gasteiger partial charge in [-0.05, 0) is 18.6 Å². The zero-order valence-electron chi connectivity index (χ0n) is 10.5. The van der Waals surface area contributed by atoms with Crippen LogP contribution in [0.4, 0.5) is 13.2 Å². The molecule has 1 aliphatic rings. The second kappa shape index (κ2) is 9.65. The second-order valence-electron chi connectivity index (χ2n) is 3.25. The van der Waals surface area contributed by atoms with Gasteiger partial charge in [0.1, 0.15) is 12.4 Å². The molecule has 0 spiro atoms. The maximum absolute atomic E-state index is 12.0. The summed E-state index contributed by atoms with van der Waals surface area (Å²) in [7, 11) is 0. The Bertz CT molecular complexity index is 359. The Kier molecular flexibility index (Phi) is 8.92. The van der Waals surface area contributed by atoms with E-state index in [-0.39, 0.29) is 5.78 Å². The molecule has 2 rings (SSSR count). The summed E-state index contributed by atoms with van der Waals surface area (Å²) in [4.78, 5) is 10.3. The van der Waals surface area contributed by atoms with Crippen molar-refractivity contribution < 1.29 is 22.7 Å². The molecule has 1 heterocycles. The molecule has 102 valence electrons. The van der Waals surface area contributed by atoms with Gasteiger partial charge in [0.15, 0.2) is 17.4 Å². The SMILES string of the molecule is CC.Fc1ccc(F)c(F)c1.O=C1CCCOC1. The van der Waals surface area contributed by atoms with E-state index in [1.54, 1.807) is 0 Å². The Labute approximate surface area is 105 Å². The highest BCUT2D eigenvalue weighted by Crippen LogP contribution is 2.05. The number of carbonyl (C=O) groups excluding carboxylic acids is 1. The van der Waals surface area contributed by atoms with Gasteiger partial charge in [-0.1, -0.05) is 13.8 Å². The lowest BCUT2D eigenvalue weighted by Gasteiger charge is -2.07. The highest BCUT2D eigenvalue weighted by atomic mass is 19.2. The third-order valence-corrected chi connectivity index (χ3v) is 1.89. The molecule has 1 saturated heterocycles. The van der Waals surface area contributed by atoms with Crippen LogP contribution in [0.3, 0.4) is 0 Å². The predicted octanol–water partition coefficient (Wildman–Crippen LogP) is 3.50. The summed E-state index contributed by atoms with van der Waals surface area (Å²) in [6.45, 7) is 5.12. The van der Waals surface area contributed by atoms with E-state index < -0.39 is 17.5 Å². The summed E-state index contributed by atoms with van der Waals surface area (Å²) in [6.07, 6.45) is 1.64. The topological polar surface area (TPSA) is 26.3 Å². The van der Waals surface area contributed by atoms with Crippen LogP contribution in [0.25, 0.3) is 0 Å². The van der Waals surface area contributed by atoms with Crippen LogP contribution >= 0.6 is 0 Å². The van der Waals surface area contributed by atoms with E-state index in [0.717, 1.165) is 31.6 Å². The van der Waals surface area contributed by atoms with E-state index in [0.29, 0.717) is 12.7 Å². The average molecular weight is 262 g/mol. The number of hydrogen-bond donors (Lipinski definition) is 0. The van der Waals surface area contributed by atoms with Crippen LogP contribution in [0.5, 0.6) is 0 Å². The molecule has 1 aromatic carbocycles. The number of ketones is 1. The monoisotopic (exact) mass is 262 g/mol. The number of Topliss-reactive ketones (excluding diaryl/α,β-unsaturated/α-hetero) is 1. The molecule has 1 aromatic rings. The number of carbonyl (C=O) groups is 1. The fraction of sp³-hybridized carbons (Fsp3) is 0.462. The molecule has 0 amide bonds. The fourth-order valence-corrected chi connectivity index (χ4v) is 1.10. The van der Waals surface area contributed by atoms with Crippen molar-refractivity contribution in [3.8, 4) is 0 Å².